The molecule has 5 nitrogen and oxygen atoms in total. The summed E-state index contributed by atoms with van der Waals surface area (Å²) in [5.41, 5.74) is 0. The van der Waals surface area contributed by atoms with Crippen LogP contribution in [0.4, 0.5) is 0 Å². The molecule has 7 heteroatoms. The summed E-state index contributed by atoms with van der Waals surface area (Å²) in [5.74, 6) is -0.0964. The van der Waals surface area contributed by atoms with E-state index in [1.165, 1.54) is 11.8 Å². The average Bonchev–Trinajstić information content (AvgIpc) is 2.59. The number of aliphatic hydroxyl groups is 1. The maximum atomic E-state index is 11.3. The molecule has 1 aromatic rings. The largest absolute Gasteiger partial charge is 0.391 e. The van der Waals surface area contributed by atoms with Crippen molar-refractivity contribution in [2.45, 2.75) is 16.5 Å². The Balaban J connectivity index is 2.11. The number of aliphatic hydroxyl groups excluding tert-OH is 1. The van der Waals surface area contributed by atoms with E-state index in [9.17, 15) is 13.5 Å². The molecule has 15 heavy (non-hydrogen) atoms. The van der Waals surface area contributed by atoms with E-state index in [0.29, 0.717) is 0 Å². The predicted octanol–water partition coefficient (Wildman–Crippen LogP) is -0.330. The molecule has 0 aliphatic carbocycles. The van der Waals surface area contributed by atoms with Crippen molar-refractivity contribution in [2.24, 2.45) is 7.05 Å². The summed E-state index contributed by atoms with van der Waals surface area (Å²) in [7, 11) is -1.23. The van der Waals surface area contributed by atoms with Crippen molar-refractivity contribution in [3.05, 3.63) is 12.4 Å². The highest BCUT2D eigenvalue weighted by molar-refractivity contribution is 8.01. The first kappa shape index (κ1) is 11.0. The molecule has 1 saturated heterocycles. The zero-order valence-corrected chi connectivity index (χ0v) is 9.83. The normalized spacial score (nSPS) is 29.5. The molecule has 84 valence electrons. The number of sulfone groups is 1. The number of nitrogens with zero attached hydrogens (tertiary/aromatic N) is 2. The van der Waals surface area contributed by atoms with Crippen LogP contribution in [0.15, 0.2) is 17.6 Å². The summed E-state index contributed by atoms with van der Waals surface area (Å²) in [5, 5.41) is 10.0. The molecule has 0 spiro atoms. The van der Waals surface area contributed by atoms with Gasteiger partial charge in [0.25, 0.3) is 0 Å². The molecular weight excluding hydrogens is 236 g/mol. The van der Waals surface area contributed by atoms with E-state index in [1.807, 2.05) is 11.6 Å². The fourth-order valence-corrected chi connectivity index (χ4v) is 5.01. The Morgan fingerprint density at radius 3 is 2.80 bits per heavy atom. The van der Waals surface area contributed by atoms with Crippen molar-refractivity contribution in [3.8, 4) is 0 Å². The van der Waals surface area contributed by atoms with Gasteiger partial charge >= 0.3 is 0 Å². The van der Waals surface area contributed by atoms with E-state index < -0.39 is 15.9 Å². The quantitative estimate of drug-likeness (QED) is 0.776. The van der Waals surface area contributed by atoms with E-state index in [1.54, 1.807) is 12.4 Å². The number of hydrogen-bond acceptors (Lipinski definition) is 5. The zero-order chi connectivity index (χ0) is 11.1. The first-order chi connectivity index (χ1) is 6.98. The summed E-state index contributed by atoms with van der Waals surface area (Å²) in [6.07, 6.45) is 2.66. The number of imidazole rings is 1. The third kappa shape index (κ3) is 2.35. The van der Waals surface area contributed by atoms with Crippen LogP contribution in [-0.2, 0) is 16.9 Å². The number of rotatable bonds is 2. The van der Waals surface area contributed by atoms with Gasteiger partial charge in [0.15, 0.2) is 15.0 Å². The molecule has 1 aliphatic heterocycles. The van der Waals surface area contributed by atoms with Crippen LogP contribution in [-0.4, -0.2) is 45.9 Å². The summed E-state index contributed by atoms with van der Waals surface area (Å²) in [6.45, 7) is 0. The van der Waals surface area contributed by atoms with E-state index in [2.05, 4.69) is 4.98 Å². The molecule has 0 saturated carbocycles. The van der Waals surface area contributed by atoms with Gasteiger partial charge in [-0.05, 0) is 0 Å². The lowest BCUT2D eigenvalue weighted by Crippen LogP contribution is -2.20. The molecule has 2 unspecified atom stereocenters. The Bertz CT molecular complexity index is 454. The van der Waals surface area contributed by atoms with Crippen molar-refractivity contribution >= 4 is 21.6 Å². The lowest BCUT2D eigenvalue weighted by molar-refractivity contribution is 0.207. The smallest absolute Gasteiger partial charge is 0.168 e. The van der Waals surface area contributed by atoms with Crippen molar-refractivity contribution in [3.63, 3.8) is 0 Å². The second-order valence-electron chi connectivity index (χ2n) is 3.62. The van der Waals surface area contributed by atoms with Gasteiger partial charge in [0.05, 0.1) is 22.9 Å². The average molecular weight is 248 g/mol. The molecule has 2 rings (SSSR count). The molecule has 0 radical (unpaired) electrons. The topological polar surface area (TPSA) is 72.2 Å². The van der Waals surface area contributed by atoms with E-state index in [0.717, 1.165) is 5.16 Å². The third-order valence-corrected chi connectivity index (χ3v) is 5.62. The molecule has 0 aromatic carbocycles. The van der Waals surface area contributed by atoms with Crippen molar-refractivity contribution in [2.75, 3.05) is 11.5 Å². The van der Waals surface area contributed by atoms with Crippen LogP contribution < -0.4 is 0 Å². The number of thioether (sulfide) groups is 1. The maximum absolute atomic E-state index is 11.3. The summed E-state index contributed by atoms with van der Waals surface area (Å²) < 4.78 is 24.3. The second-order valence-corrected chi connectivity index (χ2v) is 6.98. The van der Waals surface area contributed by atoms with Gasteiger partial charge in [-0.2, -0.15) is 0 Å². The van der Waals surface area contributed by atoms with Gasteiger partial charge in [0.2, 0.25) is 0 Å². The van der Waals surface area contributed by atoms with Crippen molar-refractivity contribution < 1.29 is 13.5 Å². The van der Waals surface area contributed by atoms with Crippen LogP contribution in [0.25, 0.3) is 0 Å². The Kier molecular flexibility index (Phi) is 2.78. The first-order valence-corrected chi connectivity index (χ1v) is 7.20. The SMILES string of the molecule is Cn1ccnc1SC1CS(=O)(=O)CC1O. The van der Waals surface area contributed by atoms with Gasteiger partial charge in [-0.25, -0.2) is 13.4 Å². The van der Waals surface area contributed by atoms with E-state index in [4.69, 9.17) is 0 Å². The highest BCUT2D eigenvalue weighted by atomic mass is 32.2. The standard InChI is InChI=1S/C8H12N2O3S2/c1-10-3-2-9-8(10)14-7-5-15(12,13)4-6(7)11/h2-3,6-7,11H,4-5H2,1H3. The molecular formula is C8H12N2O3S2. The molecule has 1 fully saturated rings. The molecule has 0 bridgehead atoms. The Morgan fingerprint density at radius 1 is 1.60 bits per heavy atom. The number of aromatic nitrogens is 2. The molecule has 2 heterocycles. The van der Waals surface area contributed by atoms with Gasteiger partial charge < -0.3 is 9.67 Å². The fraction of sp³-hybridized carbons (Fsp3) is 0.625. The van der Waals surface area contributed by atoms with Gasteiger partial charge in [0.1, 0.15) is 0 Å². The van der Waals surface area contributed by atoms with Crippen LogP contribution in [0.5, 0.6) is 0 Å². The van der Waals surface area contributed by atoms with E-state index >= 15 is 0 Å². The molecule has 1 aliphatic rings. The minimum Gasteiger partial charge on any atom is -0.391 e. The third-order valence-electron chi connectivity index (χ3n) is 2.31. The second kappa shape index (κ2) is 3.80. The van der Waals surface area contributed by atoms with Crippen molar-refractivity contribution in [1.29, 1.82) is 0 Å². The number of aryl methyl sites for hydroxylation is 1. The zero-order valence-electron chi connectivity index (χ0n) is 8.20. The molecule has 2 atom stereocenters. The van der Waals surface area contributed by atoms with Gasteiger partial charge in [0, 0.05) is 19.4 Å². The predicted molar refractivity (Wildman–Crippen MR) is 57.5 cm³/mol. The molecule has 1 N–H and O–H groups in total. The summed E-state index contributed by atoms with van der Waals surface area (Å²) >= 11 is 1.32. The maximum Gasteiger partial charge on any atom is 0.168 e. The molecule has 0 amide bonds. The minimum absolute atomic E-state index is 0.0334. The van der Waals surface area contributed by atoms with Gasteiger partial charge in [-0.3, -0.25) is 0 Å². The fourth-order valence-electron chi connectivity index (χ4n) is 1.51. The first-order valence-electron chi connectivity index (χ1n) is 4.50. The highest BCUT2D eigenvalue weighted by Crippen LogP contribution is 2.29. The summed E-state index contributed by atoms with van der Waals surface area (Å²) in [4.78, 5) is 4.08. The minimum atomic E-state index is -3.07. The monoisotopic (exact) mass is 248 g/mol. The van der Waals surface area contributed by atoms with Gasteiger partial charge in [-0.1, -0.05) is 11.8 Å². The highest BCUT2D eigenvalue weighted by Gasteiger charge is 2.37. The van der Waals surface area contributed by atoms with Gasteiger partial charge in [-0.15, -0.1) is 0 Å². The number of hydrogen-bond donors (Lipinski definition) is 1. The lowest BCUT2D eigenvalue weighted by Gasteiger charge is -2.10. The Labute approximate surface area is 92.4 Å². The Hall–Kier alpha value is -0.530. The van der Waals surface area contributed by atoms with E-state index in [-0.39, 0.29) is 16.8 Å². The summed E-state index contributed by atoms with van der Waals surface area (Å²) in [6, 6.07) is 0. The van der Waals surface area contributed by atoms with Crippen molar-refractivity contribution in [1.82, 2.24) is 9.55 Å². The van der Waals surface area contributed by atoms with Crippen LogP contribution >= 0.6 is 11.8 Å². The Morgan fingerprint density at radius 2 is 2.33 bits per heavy atom. The lowest BCUT2D eigenvalue weighted by atomic mass is 10.3. The van der Waals surface area contributed by atoms with Crippen LogP contribution in [0.2, 0.25) is 0 Å². The van der Waals surface area contributed by atoms with Crippen LogP contribution in [0, 0.1) is 0 Å². The van der Waals surface area contributed by atoms with Crippen LogP contribution in [0.3, 0.4) is 0 Å². The van der Waals surface area contributed by atoms with Crippen LogP contribution in [0.1, 0.15) is 0 Å². The molecule has 1 aromatic heterocycles.